The number of thioether (sulfide) groups is 2. The average Bonchev–Trinajstić information content (AvgIpc) is 2.58. The molecular weight excluding hydrogens is 172 g/mol. The first-order valence-electron chi connectivity index (χ1n) is 4.44. The quantitative estimate of drug-likeness (QED) is 0.566. The summed E-state index contributed by atoms with van der Waals surface area (Å²) in [6.07, 6.45) is 7.15. The lowest BCUT2D eigenvalue weighted by atomic mass is 9.96. The van der Waals surface area contributed by atoms with Crippen LogP contribution in [0.4, 0.5) is 0 Å². The van der Waals surface area contributed by atoms with Crippen molar-refractivity contribution in [1.82, 2.24) is 0 Å². The van der Waals surface area contributed by atoms with Crippen LogP contribution in [0.2, 0.25) is 0 Å². The van der Waals surface area contributed by atoms with E-state index in [2.05, 4.69) is 23.5 Å². The molecule has 0 unspecified atom stereocenters. The minimum Gasteiger partial charge on any atom is -0.118 e. The average molecular weight is 186 g/mol. The van der Waals surface area contributed by atoms with Crippen molar-refractivity contribution >= 4 is 23.5 Å². The van der Waals surface area contributed by atoms with Gasteiger partial charge in [-0.1, -0.05) is 12.0 Å². The Morgan fingerprint density at radius 2 is 1.45 bits per heavy atom. The van der Waals surface area contributed by atoms with Gasteiger partial charge in [-0.25, -0.2) is 0 Å². The molecule has 1 saturated carbocycles. The minimum absolute atomic E-state index is 1.35. The van der Waals surface area contributed by atoms with Gasteiger partial charge in [0.25, 0.3) is 0 Å². The lowest BCUT2D eigenvalue weighted by molar-refractivity contribution is 0.599. The van der Waals surface area contributed by atoms with Crippen molar-refractivity contribution in [2.24, 2.45) is 0 Å². The SMILES string of the molecule is C1CCC(=C2SCCS2)CC1. The Bertz CT molecular complexity index is 156. The van der Waals surface area contributed by atoms with Crippen molar-refractivity contribution in [1.29, 1.82) is 0 Å². The molecule has 1 aliphatic carbocycles. The van der Waals surface area contributed by atoms with Crippen LogP contribution in [0.5, 0.6) is 0 Å². The van der Waals surface area contributed by atoms with E-state index < -0.39 is 0 Å². The lowest BCUT2D eigenvalue weighted by Crippen LogP contribution is -1.94. The van der Waals surface area contributed by atoms with Crippen LogP contribution in [0.25, 0.3) is 0 Å². The first-order valence-corrected chi connectivity index (χ1v) is 6.41. The number of allylic oxidation sites excluding steroid dienone is 1. The van der Waals surface area contributed by atoms with Crippen LogP contribution in [0.15, 0.2) is 9.81 Å². The molecule has 2 rings (SSSR count). The first-order chi connectivity index (χ1) is 5.47. The van der Waals surface area contributed by atoms with Crippen LogP contribution in [0.3, 0.4) is 0 Å². The van der Waals surface area contributed by atoms with Gasteiger partial charge >= 0.3 is 0 Å². The van der Waals surface area contributed by atoms with Crippen molar-refractivity contribution < 1.29 is 0 Å². The molecule has 2 aliphatic rings. The van der Waals surface area contributed by atoms with Crippen molar-refractivity contribution in [2.75, 3.05) is 11.5 Å². The summed E-state index contributed by atoms with van der Waals surface area (Å²) in [6.45, 7) is 0. The highest BCUT2D eigenvalue weighted by atomic mass is 32.2. The molecule has 0 nitrogen and oxygen atoms in total. The topological polar surface area (TPSA) is 0 Å². The standard InChI is InChI=1S/C9H14S2/c1-2-4-8(5-3-1)9-10-6-7-11-9/h1-7H2. The van der Waals surface area contributed by atoms with Gasteiger partial charge in [-0.15, -0.1) is 23.5 Å². The van der Waals surface area contributed by atoms with Crippen LogP contribution < -0.4 is 0 Å². The Hall–Kier alpha value is 0.440. The molecule has 0 radical (unpaired) electrons. The Balaban J connectivity index is 2.03. The minimum atomic E-state index is 1.35. The molecule has 0 N–H and O–H groups in total. The van der Waals surface area contributed by atoms with Gasteiger partial charge in [-0.3, -0.25) is 0 Å². The molecule has 1 heterocycles. The van der Waals surface area contributed by atoms with Gasteiger partial charge in [0.15, 0.2) is 0 Å². The summed E-state index contributed by atoms with van der Waals surface area (Å²) in [5, 5.41) is 0. The monoisotopic (exact) mass is 186 g/mol. The third-order valence-electron chi connectivity index (χ3n) is 2.30. The Morgan fingerprint density at radius 3 is 2.09 bits per heavy atom. The van der Waals surface area contributed by atoms with Crippen LogP contribution in [0.1, 0.15) is 32.1 Å². The molecule has 0 aromatic carbocycles. The van der Waals surface area contributed by atoms with E-state index >= 15 is 0 Å². The van der Waals surface area contributed by atoms with E-state index in [0.29, 0.717) is 0 Å². The zero-order valence-electron chi connectivity index (χ0n) is 6.77. The van der Waals surface area contributed by atoms with Crippen LogP contribution in [-0.2, 0) is 0 Å². The largest absolute Gasteiger partial charge is 0.118 e. The van der Waals surface area contributed by atoms with Crippen LogP contribution >= 0.6 is 23.5 Å². The highest BCUT2D eigenvalue weighted by Crippen LogP contribution is 2.42. The molecule has 0 spiro atoms. The van der Waals surface area contributed by atoms with Gasteiger partial charge < -0.3 is 0 Å². The molecule has 2 heteroatoms. The van der Waals surface area contributed by atoms with Gasteiger partial charge in [0.2, 0.25) is 0 Å². The molecule has 1 aliphatic heterocycles. The van der Waals surface area contributed by atoms with E-state index in [4.69, 9.17) is 0 Å². The normalized spacial score (nSPS) is 26.2. The smallest absolute Gasteiger partial charge is 0.0393 e. The summed E-state index contributed by atoms with van der Waals surface area (Å²) in [4.78, 5) is 0. The molecule has 0 aromatic heterocycles. The Morgan fingerprint density at radius 1 is 0.818 bits per heavy atom. The molecule has 0 amide bonds. The lowest BCUT2D eigenvalue weighted by Gasteiger charge is -2.15. The van der Waals surface area contributed by atoms with E-state index in [1.807, 2.05) is 0 Å². The van der Waals surface area contributed by atoms with Crippen molar-refractivity contribution in [2.45, 2.75) is 32.1 Å². The highest BCUT2D eigenvalue weighted by molar-refractivity contribution is 8.25. The number of hydrogen-bond acceptors (Lipinski definition) is 2. The second-order valence-corrected chi connectivity index (χ2v) is 5.62. The van der Waals surface area contributed by atoms with E-state index in [1.165, 1.54) is 43.6 Å². The van der Waals surface area contributed by atoms with Gasteiger partial charge in [0.05, 0.1) is 0 Å². The van der Waals surface area contributed by atoms with Crippen LogP contribution in [-0.4, -0.2) is 11.5 Å². The summed E-state index contributed by atoms with van der Waals surface area (Å²) >= 11 is 4.18. The van der Waals surface area contributed by atoms with E-state index in [9.17, 15) is 0 Å². The maximum atomic E-state index is 2.09. The Kier molecular flexibility index (Phi) is 2.86. The van der Waals surface area contributed by atoms with Gasteiger partial charge in [-0.2, -0.15) is 0 Å². The summed E-state index contributed by atoms with van der Waals surface area (Å²) in [7, 11) is 0. The third-order valence-corrected chi connectivity index (χ3v) is 5.18. The zero-order valence-corrected chi connectivity index (χ0v) is 8.40. The maximum absolute atomic E-state index is 2.09. The fourth-order valence-corrected chi connectivity index (χ4v) is 4.38. The second-order valence-electron chi connectivity index (χ2n) is 3.15. The number of hydrogen-bond donors (Lipinski definition) is 0. The second kappa shape index (κ2) is 3.90. The predicted molar refractivity (Wildman–Crippen MR) is 55.0 cm³/mol. The molecule has 0 bridgehead atoms. The zero-order chi connectivity index (χ0) is 7.52. The summed E-state index contributed by atoms with van der Waals surface area (Å²) in [5.74, 6) is 2.70. The number of rotatable bonds is 0. The fourth-order valence-electron chi connectivity index (χ4n) is 1.70. The maximum Gasteiger partial charge on any atom is 0.0393 e. The van der Waals surface area contributed by atoms with Crippen molar-refractivity contribution in [3.63, 3.8) is 0 Å². The van der Waals surface area contributed by atoms with E-state index in [1.54, 1.807) is 9.81 Å². The molecule has 1 saturated heterocycles. The fraction of sp³-hybridized carbons (Fsp3) is 0.778. The van der Waals surface area contributed by atoms with E-state index in [-0.39, 0.29) is 0 Å². The predicted octanol–water partition coefficient (Wildman–Crippen LogP) is 3.64. The molecule has 11 heavy (non-hydrogen) atoms. The van der Waals surface area contributed by atoms with Gasteiger partial charge in [0, 0.05) is 15.7 Å². The molecular formula is C9H14S2. The summed E-state index contributed by atoms with van der Waals surface area (Å²) < 4.78 is 1.68. The molecule has 0 atom stereocenters. The Labute approximate surface area is 77.2 Å². The molecule has 2 fully saturated rings. The van der Waals surface area contributed by atoms with Gasteiger partial charge in [0.1, 0.15) is 0 Å². The molecule has 62 valence electrons. The van der Waals surface area contributed by atoms with Crippen LogP contribution in [0, 0.1) is 0 Å². The molecule has 0 aromatic rings. The third kappa shape index (κ3) is 1.97. The highest BCUT2D eigenvalue weighted by Gasteiger charge is 2.15. The summed E-state index contributed by atoms with van der Waals surface area (Å²) in [5.41, 5.74) is 1.78. The summed E-state index contributed by atoms with van der Waals surface area (Å²) in [6, 6.07) is 0. The van der Waals surface area contributed by atoms with Crippen molar-refractivity contribution in [3.05, 3.63) is 9.81 Å². The first kappa shape index (κ1) is 8.06. The van der Waals surface area contributed by atoms with Gasteiger partial charge in [-0.05, 0) is 25.7 Å². The van der Waals surface area contributed by atoms with E-state index in [0.717, 1.165) is 0 Å². The van der Waals surface area contributed by atoms with Crippen molar-refractivity contribution in [3.8, 4) is 0 Å².